The molecule has 2 aliphatic heterocycles. The highest BCUT2D eigenvalue weighted by atomic mass is 32.1. The fourth-order valence-corrected chi connectivity index (χ4v) is 3.88. The van der Waals surface area contributed by atoms with E-state index in [1.54, 1.807) is 0 Å². The summed E-state index contributed by atoms with van der Waals surface area (Å²) in [7, 11) is 2.17. The van der Waals surface area contributed by atoms with E-state index in [9.17, 15) is 5.26 Å². The minimum Gasteiger partial charge on any atom is -0.377 e. The monoisotopic (exact) mass is 357 g/mol. The SMILES string of the molecule is CC(C)OCCN(C)[C@H]1CCN(C2(C#N)CCOC(C)(C)C2)C1.S. The Morgan fingerprint density at radius 2 is 2.12 bits per heavy atom. The summed E-state index contributed by atoms with van der Waals surface area (Å²) in [5.41, 5.74) is -0.561. The minimum atomic E-state index is -0.355. The zero-order valence-electron chi connectivity index (χ0n) is 16.0. The molecule has 2 rings (SSSR count). The van der Waals surface area contributed by atoms with Crippen molar-refractivity contribution >= 4 is 13.5 Å². The Kier molecular flexibility index (Phi) is 8.02. The molecule has 2 heterocycles. The quantitative estimate of drug-likeness (QED) is 0.730. The molecule has 0 aromatic heterocycles. The molecule has 1 unspecified atom stereocenters. The van der Waals surface area contributed by atoms with E-state index in [-0.39, 0.29) is 30.7 Å². The summed E-state index contributed by atoms with van der Waals surface area (Å²) in [6, 6.07) is 3.15. The van der Waals surface area contributed by atoms with Crippen molar-refractivity contribution in [2.75, 3.05) is 39.9 Å². The number of rotatable bonds is 6. The lowest BCUT2D eigenvalue weighted by Gasteiger charge is -2.45. The van der Waals surface area contributed by atoms with Crippen LogP contribution in [0.1, 0.15) is 47.0 Å². The van der Waals surface area contributed by atoms with Crippen LogP contribution in [-0.4, -0.2) is 73.0 Å². The fourth-order valence-electron chi connectivity index (χ4n) is 3.88. The van der Waals surface area contributed by atoms with Crippen LogP contribution in [0.4, 0.5) is 0 Å². The molecule has 0 aliphatic carbocycles. The first-order valence-corrected chi connectivity index (χ1v) is 8.90. The first kappa shape index (κ1) is 21.7. The predicted octanol–water partition coefficient (Wildman–Crippen LogP) is 2.38. The Bertz CT molecular complexity index is 438. The van der Waals surface area contributed by atoms with Crippen LogP contribution >= 0.6 is 13.5 Å². The third kappa shape index (κ3) is 5.34. The summed E-state index contributed by atoms with van der Waals surface area (Å²) in [5.74, 6) is 0. The van der Waals surface area contributed by atoms with Gasteiger partial charge in [0.25, 0.3) is 0 Å². The second-order valence-corrected chi connectivity index (χ2v) is 7.97. The standard InChI is InChI=1S/C18H33N3O2.H2S/c1-15(2)22-11-9-20(5)16-6-8-21(12-16)18(14-19)7-10-23-17(3,4)13-18;/h15-16H,6-13H2,1-5H3;1H2/t16-,18?;/m0./s1. The summed E-state index contributed by atoms with van der Waals surface area (Å²) in [6.07, 6.45) is 3.03. The van der Waals surface area contributed by atoms with Crippen molar-refractivity contribution in [2.24, 2.45) is 0 Å². The number of likely N-dealkylation sites (N-methyl/N-ethyl adjacent to an activating group) is 1. The van der Waals surface area contributed by atoms with Crippen LogP contribution in [0.3, 0.4) is 0 Å². The summed E-state index contributed by atoms with van der Waals surface area (Å²) in [6.45, 7) is 12.7. The van der Waals surface area contributed by atoms with Gasteiger partial charge in [-0.2, -0.15) is 18.8 Å². The molecule has 0 aromatic rings. The highest BCUT2D eigenvalue weighted by molar-refractivity contribution is 7.59. The van der Waals surface area contributed by atoms with Gasteiger partial charge in [0.05, 0.1) is 31.0 Å². The smallest absolute Gasteiger partial charge is 0.114 e. The topological polar surface area (TPSA) is 48.7 Å². The van der Waals surface area contributed by atoms with E-state index in [1.165, 1.54) is 0 Å². The maximum absolute atomic E-state index is 9.88. The first-order valence-electron chi connectivity index (χ1n) is 8.90. The summed E-state index contributed by atoms with van der Waals surface area (Å²) >= 11 is 0. The van der Waals surface area contributed by atoms with Gasteiger partial charge in [0.1, 0.15) is 5.54 Å². The van der Waals surface area contributed by atoms with Crippen molar-refractivity contribution in [1.29, 1.82) is 5.26 Å². The summed E-state index contributed by atoms with van der Waals surface area (Å²) in [5, 5.41) is 9.88. The van der Waals surface area contributed by atoms with Crippen molar-refractivity contribution in [3.05, 3.63) is 0 Å². The van der Waals surface area contributed by atoms with E-state index in [2.05, 4.69) is 50.6 Å². The molecule has 0 radical (unpaired) electrons. The van der Waals surface area contributed by atoms with E-state index < -0.39 is 0 Å². The number of ether oxygens (including phenoxy) is 2. The molecule has 5 nitrogen and oxygen atoms in total. The zero-order valence-corrected chi connectivity index (χ0v) is 17.0. The molecule has 2 atom stereocenters. The third-order valence-corrected chi connectivity index (χ3v) is 5.22. The minimum absolute atomic E-state index is 0. The van der Waals surface area contributed by atoms with Crippen LogP contribution in [0.5, 0.6) is 0 Å². The lowest BCUT2D eigenvalue weighted by atomic mass is 9.81. The van der Waals surface area contributed by atoms with Gasteiger partial charge in [0, 0.05) is 38.5 Å². The van der Waals surface area contributed by atoms with Gasteiger partial charge in [-0.3, -0.25) is 9.80 Å². The molecule has 0 amide bonds. The molecule has 24 heavy (non-hydrogen) atoms. The lowest BCUT2D eigenvalue weighted by molar-refractivity contribution is -0.100. The lowest BCUT2D eigenvalue weighted by Crippen LogP contribution is -2.55. The maximum atomic E-state index is 9.88. The van der Waals surface area contributed by atoms with E-state index in [0.717, 1.165) is 45.5 Å². The maximum Gasteiger partial charge on any atom is 0.114 e. The summed E-state index contributed by atoms with van der Waals surface area (Å²) < 4.78 is 11.5. The Morgan fingerprint density at radius 1 is 1.42 bits per heavy atom. The van der Waals surface area contributed by atoms with Crippen LogP contribution in [0.15, 0.2) is 0 Å². The van der Waals surface area contributed by atoms with Gasteiger partial charge < -0.3 is 9.47 Å². The molecule has 0 spiro atoms. The van der Waals surface area contributed by atoms with Crippen molar-refractivity contribution in [3.8, 4) is 6.07 Å². The number of likely N-dealkylation sites (tertiary alicyclic amines) is 1. The summed E-state index contributed by atoms with van der Waals surface area (Å²) in [4.78, 5) is 4.79. The highest BCUT2D eigenvalue weighted by Crippen LogP contribution is 2.38. The molecular weight excluding hydrogens is 322 g/mol. The zero-order chi connectivity index (χ0) is 17.1. The molecule has 0 saturated carbocycles. The molecule has 2 fully saturated rings. The van der Waals surface area contributed by atoms with Crippen LogP contribution in [0.2, 0.25) is 0 Å². The van der Waals surface area contributed by atoms with Gasteiger partial charge in [0.2, 0.25) is 0 Å². The second-order valence-electron chi connectivity index (χ2n) is 7.97. The number of nitriles is 1. The highest BCUT2D eigenvalue weighted by Gasteiger charge is 2.47. The Labute approximate surface area is 154 Å². The fraction of sp³-hybridized carbons (Fsp3) is 0.944. The molecule has 140 valence electrons. The van der Waals surface area contributed by atoms with Crippen molar-refractivity contribution < 1.29 is 9.47 Å². The second kappa shape index (κ2) is 8.86. The molecule has 0 aromatic carbocycles. The van der Waals surface area contributed by atoms with E-state index in [0.29, 0.717) is 12.6 Å². The van der Waals surface area contributed by atoms with Gasteiger partial charge in [-0.25, -0.2) is 0 Å². The normalized spacial score (nSPS) is 30.3. The molecule has 6 heteroatoms. The van der Waals surface area contributed by atoms with Gasteiger partial charge in [0.15, 0.2) is 0 Å². The van der Waals surface area contributed by atoms with Gasteiger partial charge >= 0.3 is 0 Å². The Morgan fingerprint density at radius 3 is 2.71 bits per heavy atom. The van der Waals surface area contributed by atoms with Crippen molar-refractivity contribution in [2.45, 2.75) is 70.2 Å². The number of nitrogens with zero attached hydrogens (tertiary/aromatic N) is 3. The number of hydrogen-bond donors (Lipinski definition) is 0. The largest absolute Gasteiger partial charge is 0.377 e. The molecular formula is C18H35N3O2S. The van der Waals surface area contributed by atoms with Gasteiger partial charge in [-0.15, -0.1) is 0 Å². The van der Waals surface area contributed by atoms with Crippen LogP contribution in [0.25, 0.3) is 0 Å². The van der Waals surface area contributed by atoms with Crippen LogP contribution < -0.4 is 0 Å². The Hall–Kier alpha value is -0.320. The predicted molar refractivity (Wildman–Crippen MR) is 102 cm³/mol. The Balaban J connectivity index is 0.00000288. The van der Waals surface area contributed by atoms with Gasteiger partial charge in [-0.1, -0.05) is 0 Å². The first-order chi connectivity index (χ1) is 10.8. The van der Waals surface area contributed by atoms with Crippen molar-refractivity contribution in [3.63, 3.8) is 0 Å². The van der Waals surface area contributed by atoms with Gasteiger partial charge in [-0.05, 0) is 41.2 Å². The molecule has 0 bridgehead atoms. The van der Waals surface area contributed by atoms with Crippen LogP contribution in [-0.2, 0) is 9.47 Å². The average molecular weight is 358 g/mol. The van der Waals surface area contributed by atoms with E-state index in [4.69, 9.17) is 9.47 Å². The van der Waals surface area contributed by atoms with Crippen LogP contribution in [0, 0.1) is 11.3 Å². The molecule has 2 aliphatic rings. The molecule has 2 saturated heterocycles. The van der Waals surface area contributed by atoms with E-state index in [1.807, 2.05) is 0 Å². The van der Waals surface area contributed by atoms with Crippen molar-refractivity contribution in [1.82, 2.24) is 9.80 Å². The number of hydrogen-bond acceptors (Lipinski definition) is 5. The average Bonchev–Trinajstić information content (AvgIpc) is 2.96. The van der Waals surface area contributed by atoms with E-state index >= 15 is 0 Å². The molecule has 0 N–H and O–H groups in total. The third-order valence-electron chi connectivity index (χ3n) is 5.22.